The van der Waals surface area contributed by atoms with Gasteiger partial charge in [-0.15, -0.1) is 0 Å². The van der Waals surface area contributed by atoms with Crippen LogP contribution in [-0.2, 0) is 19.5 Å². The number of aliphatic hydroxyl groups is 2. The molecule has 4 unspecified atom stereocenters. The molecule has 1 aromatic heterocycles. The summed E-state index contributed by atoms with van der Waals surface area (Å²) in [5.41, 5.74) is -1.48. The number of sulfonamides is 1. The molecule has 1 aliphatic rings. The van der Waals surface area contributed by atoms with Gasteiger partial charge in [-0.2, -0.15) is 0 Å². The smallest absolute Gasteiger partial charge is 0.360 e. The number of aryl methyl sites for hydroxylation is 1. The molecule has 1 saturated heterocycles. The number of hydrogen-bond acceptors (Lipinski definition) is 9. The summed E-state index contributed by atoms with van der Waals surface area (Å²) in [6.07, 6.45) is -4.64. The van der Waals surface area contributed by atoms with Crippen LogP contribution < -0.4 is 15.1 Å². The SMILES string of the molecule is COC1C(O)C(O)C(Oc2ccc3cc(NS(=O)(=O)c4ccccc4)c(=O)oc3c2C)OC1(C)C. The number of benzene rings is 2. The largest absolute Gasteiger partial charge is 0.462 e. The van der Waals surface area contributed by atoms with Crippen LogP contribution in [0.25, 0.3) is 11.0 Å². The van der Waals surface area contributed by atoms with E-state index >= 15 is 0 Å². The summed E-state index contributed by atoms with van der Waals surface area (Å²) in [5, 5.41) is 21.4. The Bertz CT molecular complexity index is 1390. The lowest BCUT2D eigenvalue weighted by Crippen LogP contribution is -2.63. The summed E-state index contributed by atoms with van der Waals surface area (Å²) in [6, 6.07) is 12.2. The van der Waals surface area contributed by atoms with Gasteiger partial charge in [0.05, 0.1) is 10.5 Å². The van der Waals surface area contributed by atoms with Crippen molar-refractivity contribution in [2.75, 3.05) is 11.8 Å². The standard InChI is InChI=1S/C24H27NO9S/c1-13-17(32-23-19(27)18(26)21(31-4)24(2,3)34-23)11-10-14-12-16(22(28)33-20(13)14)25-35(29,30)15-8-6-5-7-9-15/h5-12,18-19,21,23,25-27H,1-4H3. The zero-order valence-electron chi connectivity index (χ0n) is 19.6. The molecule has 188 valence electrons. The highest BCUT2D eigenvalue weighted by Crippen LogP contribution is 2.35. The third kappa shape index (κ3) is 4.78. The van der Waals surface area contributed by atoms with Gasteiger partial charge in [0.25, 0.3) is 10.0 Å². The van der Waals surface area contributed by atoms with Crippen LogP contribution in [-0.4, -0.2) is 55.9 Å². The molecule has 1 aliphatic heterocycles. The molecule has 4 rings (SSSR count). The molecule has 0 saturated carbocycles. The maximum atomic E-state index is 12.6. The van der Waals surface area contributed by atoms with E-state index in [-0.39, 0.29) is 21.9 Å². The van der Waals surface area contributed by atoms with Gasteiger partial charge in [0, 0.05) is 18.1 Å². The van der Waals surface area contributed by atoms with Crippen molar-refractivity contribution in [2.24, 2.45) is 0 Å². The summed E-state index contributed by atoms with van der Waals surface area (Å²) >= 11 is 0. The number of nitrogens with one attached hydrogen (secondary N) is 1. The van der Waals surface area contributed by atoms with Gasteiger partial charge in [-0.05, 0) is 51.1 Å². The fourth-order valence-electron chi connectivity index (χ4n) is 4.14. The number of anilines is 1. The van der Waals surface area contributed by atoms with E-state index in [0.717, 1.165) is 0 Å². The van der Waals surface area contributed by atoms with E-state index in [0.29, 0.717) is 10.9 Å². The van der Waals surface area contributed by atoms with Crippen molar-refractivity contribution in [3.8, 4) is 5.75 Å². The molecule has 0 radical (unpaired) electrons. The predicted molar refractivity (Wildman–Crippen MR) is 127 cm³/mol. The molecule has 1 fully saturated rings. The lowest BCUT2D eigenvalue weighted by Gasteiger charge is -2.46. The highest BCUT2D eigenvalue weighted by molar-refractivity contribution is 7.92. The molecule has 3 aromatic rings. The average Bonchev–Trinajstić information content (AvgIpc) is 2.80. The van der Waals surface area contributed by atoms with Crippen LogP contribution in [0.4, 0.5) is 5.69 Å². The van der Waals surface area contributed by atoms with Crippen molar-refractivity contribution >= 4 is 26.7 Å². The van der Waals surface area contributed by atoms with E-state index < -0.39 is 45.9 Å². The van der Waals surface area contributed by atoms with Crippen molar-refractivity contribution in [1.29, 1.82) is 0 Å². The average molecular weight is 506 g/mol. The van der Waals surface area contributed by atoms with Crippen molar-refractivity contribution in [3.63, 3.8) is 0 Å². The zero-order valence-corrected chi connectivity index (χ0v) is 20.4. The monoisotopic (exact) mass is 505 g/mol. The number of rotatable bonds is 6. The van der Waals surface area contributed by atoms with Gasteiger partial charge in [-0.3, -0.25) is 4.72 Å². The zero-order chi connectivity index (χ0) is 25.5. The lowest BCUT2D eigenvalue weighted by atomic mass is 9.89. The molecule has 35 heavy (non-hydrogen) atoms. The maximum Gasteiger partial charge on any atom is 0.360 e. The second-order valence-corrected chi connectivity index (χ2v) is 10.5. The summed E-state index contributed by atoms with van der Waals surface area (Å²) in [5.74, 6) is 0.251. The van der Waals surface area contributed by atoms with E-state index in [1.807, 2.05) is 0 Å². The Morgan fingerprint density at radius 1 is 1.06 bits per heavy atom. The number of methoxy groups -OCH3 is 1. The van der Waals surface area contributed by atoms with Gasteiger partial charge >= 0.3 is 5.63 Å². The van der Waals surface area contributed by atoms with Gasteiger partial charge in [0.15, 0.2) is 0 Å². The minimum Gasteiger partial charge on any atom is -0.462 e. The van der Waals surface area contributed by atoms with E-state index in [2.05, 4.69) is 4.72 Å². The normalized spacial score (nSPS) is 24.3. The first kappa shape index (κ1) is 25.1. The number of hydrogen-bond donors (Lipinski definition) is 3. The Labute approximate surface area is 202 Å². The van der Waals surface area contributed by atoms with Gasteiger partial charge in [0.2, 0.25) is 6.29 Å². The van der Waals surface area contributed by atoms with E-state index in [1.165, 1.54) is 25.3 Å². The predicted octanol–water partition coefficient (Wildman–Crippen LogP) is 2.15. The minimum absolute atomic E-state index is 0.00582. The van der Waals surface area contributed by atoms with Crippen molar-refractivity contribution in [1.82, 2.24) is 0 Å². The molecular weight excluding hydrogens is 478 g/mol. The quantitative estimate of drug-likeness (QED) is 0.429. The van der Waals surface area contributed by atoms with Crippen LogP contribution in [0.15, 0.2) is 62.6 Å². The fraction of sp³-hybridized carbons (Fsp3) is 0.375. The molecule has 3 N–H and O–H groups in total. The first-order valence-electron chi connectivity index (χ1n) is 10.8. The third-order valence-electron chi connectivity index (χ3n) is 5.94. The fourth-order valence-corrected chi connectivity index (χ4v) is 5.20. The first-order chi connectivity index (χ1) is 16.4. The maximum absolute atomic E-state index is 12.6. The Morgan fingerprint density at radius 2 is 1.74 bits per heavy atom. The van der Waals surface area contributed by atoms with Crippen LogP contribution in [0.5, 0.6) is 5.75 Å². The Hall–Kier alpha value is -2.96. The molecule has 0 aliphatic carbocycles. The molecule has 2 heterocycles. The Morgan fingerprint density at radius 3 is 2.40 bits per heavy atom. The molecule has 0 bridgehead atoms. The Balaban J connectivity index is 1.63. The van der Waals surface area contributed by atoms with E-state index in [1.54, 1.807) is 51.1 Å². The van der Waals surface area contributed by atoms with Crippen molar-refractivity contribution < 1.29 is 37.3 Å². The minimum atomic E-state index is -3.98. The highest BCUT2D eigenvalue weighted by atomic mass is 32.2. The molecule has 11 heteroatoms. The molecule has 4 atom stereocenters. The van der Waals surface area contributed by atoms with Crippen molar-refractivity contribution in [2.45, 2.75) is 55.9 Å². The van der Waals surface area contributed by atoms with Crippen LogP contribution >= 0.6 is 0 Å². The molecule has 0 spiro atoms. The molecule has 2 aromatic carbocycles. The Kier molecular flexibility index (Phi) is 6.64. The second-order valence-electron chi connectivity index (χ2n) is 8.82. The summed E-state index contributed by atoms with van der Waals surface area (Å²) < 4.78 is 49.9. The van der Waals surface area contributed by atoms with Crippen LogP contribution in [0.3, 0.4) is 0 Å². The highest BCUT2D eigenvalue weighted by Gasteiger charge is 2.50. The molecular formula is C24H27NO9S. The number of fused-ring (bicyclic) bond motifs is 1. The van der Waals surface area contributed by atoms with Crippen LogP contribution in [0.1, 0.15) is 19.4 Å². The van der Waals surface area contributed by atoms with E-state index in [4.69, 9.17) is 18.6 Å². The van der Waals surface area contributed by atoms with Gasteiger partial charge < -0.3 is 28.8 Å². The van der Waals surface area contributed by atoms with Gasteiger partial charge in [-0.25, -0.2) is 13.2 Å². The third-order valence-corrected chi connectivity index (χ3v) is 7.32. The van der Waals surface area contributed by atoms with Gasteiger partial charge in [-0.1, -0.05) is 18.2 Å². The first-order valence-corrected chi connectivity index (χ1v) is 12.3. The molecule has 10 nitrogen and oxygen atoms in total. The van der Waals surface area contributed by atoms with Gasteiger partial charge in [0.1, 0.15) is 35.3 Å². The molecule has 0 amide bonds. The van der Waals surface area contributed by atoms with Crippen molar-refractivity contribution in [3.05, 3.63) is 64.5 Å². The second kappa shape index (κ2) is 9.25. The van der Waals surface area contributed by atoms with Crippen LogP contribution in [0.2, 0.25) is 0 Å². The van der Waals surface area contributed by atoms with Crippen LogP contribution in [0, 0.1) is 6.92 Å². The summed E-state index contributed by atoms with van der Waals surface area (Å²) in [4.78, 5) is 12.6. The summed E-state index contributed by atoms with van der Waals surface area (Å²) in [6.45, 7) is 5.05. The summed E-state index contributed by atoms with van der Waals surface area (Å²) in [7, 11) is -2.57. The lowest BCUT2D eigenvalue weighted by molar-refractivity contribution is -0.306. The number of aliphatic hydroxyl groups excluding tert-OH is 2. The topological polar surface area (TPSA) is 145 Å². The van der Waals surface area contributed by atoms with E-state index in [9.17, 15) is 23.4 Å². The number of ether oxygens (including phenoxy) is 3.